The van der Waals surface area contributed by atoms with E-state index in [1.165, 1.54) is 0 Å². The lowest BCUT2D eigenvalue weighted by Crippen LogP contribution is -2.53. The Morgan fingerprint density at radius 2 is 1.51 bits per heavy atom. The molecule has 238 valence electrons. The smallest absolute Gasteiger partial charge is 0.329 e. The number of nitrogens with one attached hydrogen (secondary N) is 3. The average molecular weight is 612 g/mol. The van der Waals surface area contributed by atoms with Gasteiger partial charge in [0.05, 0.1) is 0 Å². The molecular weight excluding hydrogens is 566 g/mol. The fourth-order valence-electron chi connectivity index (χ4n) is 5.09. The lowest BCUT2D eigenvalue weighted by Gasteiger charge is -2.27. The molecule has 0 saturated heterocycles. The van der Waals surface area contributed by atoms with Gasteiger partial charge in [-0.2, -0.15) is 0 Å². The summed E-state index contributed by atoms with van der Waals surface area (Å²) >= 11 is 0. The maximum absolute atomic E-state index is 13.6. The van der Waals surface area contributed by atoms with Crippen LogP contribution in [0.1, 0.15) is 64.2 Å². The van der Waals surface area contributed by atoms with Gasteiger partial charge in [0.15, 0.2) is 0 Å². The monoisotopic (exact) mass is 611 g/mol. The van der Waals surface area contributed by atoms with Crippen LogP contribution in [0.4, 0.5) is 0 Å². The van der Waals surface area contributed by atoms with Crippen molar-refractivity contribution in [2.75, 3.05) is 0 Å². The number of para-hydroxylation sites is 1. The van der Waals surface area contributed by atoms with E-state index >= 15 is 0 Å². The van der Waals surface area contributed by atoms with Gasteiger partial charge >= 0.3 is 5.97 Å². The summed E-state index contributed by atoms with van der Waals surface area (Å²) in [7, 11) is 0. The molecule has 0 aliphatic rings. The largest absolute Gasteiger partial charge is 0.489 e. The number of carbonyl (C=O) groups is 3. The number of aromatic amines is 1. The highest BCUT2D eigenvalue weighted by molar-refractivity contribution is 5.91. The highest BCUT2D eigenvalue weighted by Crippen LogP contribution is 2.20. The number of hydrogen-bond acceptors (Lipinski definition) is 5. The van der Waals surface area contributed by atoms with Crippen LogP contribution in [0, 0.1) is 5.92 Å². The maximum atomic E-state index is 13.6. The van der Waals surface area contributed by atoms with Gasteiger partial charge in [0.2, 0.25) is 11.8 Å². The number of rotatable bonds is 14. The molecule has 45 heavy (non-hydrogen) atoms. The maximum Gasteiger partial charge on any atom is 0.329 e. The lowest BCUT2D eigenvalue weighted by atomic mass is 10.0. The number of H-pyrrole nitrogens is 1. The molecule has 0 fully saturated rings. The van der Waals surface area contributed by atoms with Gasteiger partial charge in [0.25, 0.3) is 0 Å². The molecule has 4 aromatic rings. The Kier molecular flexibility index (Phi) is 11.4. The van der Waals surface area contributed by atoms with Crippen LogP contribution in [-0.4, -0.2) is 40.5 Å². The van der Waals surface area contributed by atoms with Gasteiger partial charge < -0.3 is 25.1 Å². The predicted octanol–water partition coefficient (Wildman–Crippen LogP) is 6.28. The van der Waals surface area contributed by atoms with E-state index < -0.39 is 29.6 Å². The van der Waals surface area contributed by atoms with Crippen LogP contribution in [-0.2, 0) is 38.6 Å². The average Bonchev–Trinajstić information content (AvgIpc) is 3.41. The highest BCUT2D eigenvalue weighted by Gasteiger charge is 2.30. The van der Waals surface area contributed by atoms with Crippen molar-refractivity contribution in [1.29, 1.82) is 0 Å². The molecule has 2 unspecified atom stereocenters. The van der Waals surface area contributed by atoms with Gasteiger partial charge in [-0.05, 0) is 74.4 Å². The number of hydrogen-bond donors (Lipinski definition) is 3. The fourth-order valence-corrected chi connectivity index (χ4v) is 5.09. The molecule has 0 radical (unpaired) electrons. The van der Waals surface area contributed by atoms with Crippen LogP contribution in [0.25, 0.3) is 10.9 Å². The number of aromatic nitrogens is 1. The molecule has 2 amide bonds. The van der Waals surface area contributed by atoms with Crippen molar-refractivity contribution in [3.8, 4) is 5.75 Å². The predicted molar refractivity (Wildman–Crippen MR) is 177 cm³/mol. The van der Waals surface area contributed by atoms with E-state index in [-0.39, 0.29) is 24.7 Å². The van der Waals surface area contributed by atoms with E-state index in [4.69, 9.17) is 9.47 Å². The second-order valence-corrected chi connectivity index (χ2v) is 12.8. The first-order valence-corrected chi connectivity index (χ1v) is 15.6. The molecule has 4 rings (SSSR count). The molecular formula is C37H45N3O5. The van der Waals surface area contributed by atoms with Gasteiger partial charge in [0.1, 0.15) is 30.0 Å². The zero-order valence-electron chi connectivity index (χ0n) is 26.9. The van der Waals surface area contributed by atoms with Crippen molar-refractivity contribution < 1.29 is 23.9 Å². The minimum atomic E-state index is -0.939. The first-order valence-electron chi connectivity index (χ1n) is 15.6. The second-order valence-electron chi connectivity index (χ2n) is 12.8. The zero-order chi connectivity index (χ0) is 32.4. The summed E-state index contributed by atoms with van der Waals surface area (Å²) in [6, 6.07) is 23.6. The molecule has 3 N–H and O–H groups in total. The second kappa shape index (κ2) is 15.4. The fraction of sp³-hybridized carbons (Fsp3) is 0.378. The van der Waals surface area contributed by atoms with Crippen molar-refractivity contribution >= 4 is 28.7 Å². The van der Waals surface area contributed by atoms with Crippen molar-refractivity contribution in [2.45, 2.75) is 84.6 Å². The summed E-state index contributed by atoms with van der Waals surface area (Å²) in [5, 5.41) is 6.89. The lowest BCUT2D eigenvalue weighted by molar-refractivity contribution is -0.158. The van der Waals surface area contributed by atoms with Crippen LogP contribution in [0.15, 0.2) is 85.1 Å². The van der Waals surface area contributed by atoms with Gasteiger partial charge in [-0.15, -0.1) is 0 Å². The number of fused-ring (bicyclic) bond motifs is 1. The molecule has 8 heteroatoms. The Morgan fingerprint density at radius 1 is 0.822 bits per heavy atom. The number of ether oxygens (including phenoxy) is 2. The number of esters is 1. The molecule has 0 saturated carbocycles. The molecule has 0 aliphatic heterocycles. The summed E-state index contributed by atoms with van der Waals surface area (Å²) in [6.07, 6.45) is 3.35. The van der Waals surface area contributed by atoms with E-state index in [1.807, 2.05) is 98.9 Å². The topological polar surface area (TPSA) is 110 Å². The first kappa shape index (κ1) is 33.3. The van der Waals surface area contributed by atoms with E-state index in [1.54, 1.807) is 20.8 Å². The third-order valence-corrected chi connectivity index (χ3v) is 7.27. The van der Waals surface area contributed by atoms with Crippen LogP contribution >= 0.6 is 0 Å². The SMILES string of the molecule is CC(C)CC(NC(=O)CCc1c[nH]c2ccccc12)C(=O)NC(Cc1ccc(OCc2ccccc2)cc1)C(=O)OC(C)(C)C. The van der Waals surface area contributed by atoms with Gasteiger partial charge in [-0.1, -0.05) is 74.5 Å². The molecule has 8 nitrogen and oxygen atoms in total. The van der Waals surface area contributed by atoms with Crippen molar-refractivity contribution in [2.24, 2.45) is 5.92 Å². The van der Waals surface area contributed by atoms with E-state index in [2.05, 4.69) is 15.6 Å². The van der Waals surface area contributed by atoms with Gasteiger partial charge in [-0.3, -0.25) is 9.59 Å². The molecule has 0 spiro atoms. The van der Waals surface area contributed by atoms with E-state index in [0.29, 0.717) is 25.2 Å². The van der Waals surface area contributed by atoms with Crippen LogP contribution in [0.3, 0.4) is 0 Å². The minimum Gasteiger partial charge on any atom is -0.489 e. The van der Waals surface area contributed by atoms with Crippen LogP contribution in [0.5, 0.6) is 5.75 Å². The summed E-state index contributed by atoms with van der Waals surface area (Å²) in [5.41, 5.74) is 3.24. The summed E-state index contributed by atoms with van der Waals surface area (Å²) in [4.78, 5) is 43.2. The van der Waals surface area contributed by atoms with Crippen LogP contribution < -0.4 is 15.4 Å². The van der Waals surface area contributed by atoms with Crippen LogP contribution in [0.2, 0.25) is 0 Å². The molecule has 1 heterocycles. The number of carbonyl (C=O) groups excluding carboxylic acids is 3. The van der Waals surface area contributed by atoms with E-state index in [9.17, 15) is 14.4 Å². The van der Waals surface area contributed by atoms with Crippen molar-refractivity contribution in [3.63, 3.8) is 0 Å². The summed E-state index contributed by atoms with van der Waals surface area (Å²) < 4.78 is 11.6. The van der Waals surface area contributed by atoms with E-state index in [0.717, 1.165) is 27.6 Å². The Bertz CT molecular complexity index is 1550. The number of amides is 2. The molecule has 0 bridgehead atoms. The van der Waals surface area contributed by atoms with Gasteiger partial charge in [-0.25, -0.2) is 4.79 Å². The normalized spacial score (nSPS) is 12.8. The highest BCUT2D eigenvalue weighted by atomic mass is 16.6. The Balaban J connectivity index is 1.41. The molecule has 2 atom stereocenters. The molecule has 1 aromatic heterocycles. The Labute approximate surface area is 265 Å². The standard InChI is InChI=1S/C37H45N3O5/c1-25(2)21-32(39-34(41)20-17-28-23-38-31-14-10-9-13-30(28)31)35(42)40-33(36(43)45-37(3,4)5)22-26-15-18-29(19-16-26)44-24-27-11-7-6-8-12-27/h6-16,18-19,23,25,32-33,38H,17,20-22,24H2,1-5H3,(H,39,41)(H,40,42). The third-order valence-electron chi connectivity index (χ3n) is 7.27. The quantitative estimate of drug-likeness (QED) is 0.146. The van der Waals surface area contributed by atoms with Crippen molar-refractivity contribution in [3.05, 3.63) is 102 Å². The zero-order valence-corrected chi connectivity index (χ0v) is 26.9. The minimum absolute atomic E-state index is 0.137. The number of benzene rings is 3. The van der Waals surface area contributed by atoms with Crippen molar-refractivity contribution in [1.82, 2.24) is 15.6 Å². The molecule has 3 aromatic carbocycles. The summed E-state index contributed by atoms with van der Waals surface area (Å²) in [5.74, 6) is -0.330. The third kappa shape index (κ3) is 10.5. The Hall–Kier alpha value is -4.59. The first-order chi connectivity index (χ1) is 21.5. The Morgan fingerprint density at radius 3 is 2.20 bits per heavy atom. The molecule has 0 aliphatic carbocycles. The summed E-state index contributed by atoms with van der Waals surface area (Å²) in [6.45, 7) is 9.80. The van der Waals surface area contributed by atoms with Gasteiger partial charge in [0, 0.05) is 29.9 Å². The number of aryl methyl sites for hydroxylation is 1.